The van der Waals surface area contributed by atoms with Crippen molar-refractivity contribution in [1.82, 2.24) is 19.4 Å². The molecule has 10 heteroatoms. The van der Waals surface area contributed by atoms with Crippen molar-refractivity contribution in [2.24, 2.45) is 7.05 Å². The Morgan fingerprint density at radius 1 is 1.26 bits per heavy atom. The summed E-state index contributed by atoms with van der Waals surface area (Å²) in [5.41, 5.74) is 0.146. The predicted octanol–water partition coefficient (Wildman–Crippen LogP) is 3.78. The van der Waals surface area contributed by atoms with E-state index in [0.717, 1.165) is 6.07 Å². The lowest BCUT2D eigenvalue weighted by Crippen LogP contribution is -2.22. The Bertz CT molecular complexity index is 1420. The molecule has 3 aromatic rings. The molecule has 0 radical (unpaired) electrons. The van der Waals surface area contributed by atoms with Crippen LogP contribution in [-0.2, 0) is 11.8 Å². The van der Waals surface area contributed by atoms with E-state index < -0.39 is 23.8 Å². The van der Waals surface area contributed by atoms with Gasteiger partial charge in [-0.05, 0) is 18.1 Å². The number of carbonyl (C=O) groups is 1. The third kappa shape index (κ3) is 4.01. The normalized spacial score (nSPS) is 14.3. The molecule has 0 aliphatic carbocycles. The van der Waals surface area contributed by atoms with Gasteiger partial charge in [0.05, 0.1) is 10.9 Å². The first kappa shape index (κ1) is 23.0. The van der Waals surface area contributed by atoms with Gasteiger partial charge in [-0.15, -0.1) is 6.42 Å². The van der Waals surface area contributed by atoms with Crippen LogP contribution in [0.3, 0.4) is 0 Å². The average molecular weight is 467 g/mol. The molecule has 1 aliphatic heterocycles. The molecular formula is C24H20F3N5O2. The van der Waals surface area contributed by atoms with E-state index in [0.29, 0.717) is 35.1 Å². The maximum absolute atomic E-state index is 14.7. The highest BCUT2D eigenvalue weighted by molar-refractivity contribution is 5.90. The minimum absolute atomic E-state index is 0.132. The molecule has 2 aromatic heterocycles. The number of pyridine rings is 1. The molecule has 0 unspecified atom stereocenters. The number of alkyl halides is 2. The van der Waals surface area contributed by atoms with E-state index in [2.05, 4.69) is 21.2 Å². The number of hydrogen-bond acceptors (Lipinski definition) is 5. The first-order valence-corrected chi connectivity index (χ1v) is 10.3. The number of hydrogen-bond donors (Lipinski definition) is 1. The van der Waals surface area contributed by atoms with Crippen LogP contribution in [0.25, 0.3) is 16.6 Å². The van der Waals surface area contributed by atoms with Gasteiger partial charge in [-0.3, -0.25) is 14.2 Å². The molecule has 0 saturated carbocycles. The molecule has 0 saturated heterocycles. The molecule has 0 bridgehead atoms. The van der Waals surface area contributed by atoms with Crippen LogP contribution in [0.15, 0.2) is 41.6 Å². The molecule has 0 fully saturated rings. The molecule has 1 aromatic carbocycles. The number of carbonyl (C=O) groups excluding carboxylic acids is 1. The van der Waals surface area contributed by atoms with Crippen molar-refractivity contribution >= 4 is 28.3 Å². The van der Waals surface area contributed by atoms with Crippen LogP contribution in [0.5, 0.6) is 0 Å². The third-order valence-corrected chi connectivity index (χ3v) is 5.74. The summed E-state index contributed by atoms with van der Waals surface area (Å²) in [6.07, 6.45) is 5.96. The number of benzene rings is 1. The first-order valence-electron chi connectivity index (χ1n) is 10.3. The second-order valence-corrected chi connectivity index (χ2v) is 7.79. The second kappa shape index (κ2) is 9.02. The van der Waals surface area contributed by atoms with Crippen molar-refractivity contribution in [1.29, 1.82) is 0 Å². The van der Waals surface area contributed by atoms with Gasteiger partial charge in [0.25, 0.3) is 12.0 Å². The van der Waals surface area contributed by atoms with E-state index in [-0.39, 0.29) is 22.8 Å². The minimum Gasteiger partial charge on any atom is -0.352 e. The van der Waals surface area contributed by atoms with Crippen LogP contribution in [0.4, 0.5) is 19.0 Å². The number of nitrogens with one attached hydrogen (secondary N) is 1. The summed E-state index contributed by atoms with van der Waals surface area (Å²) in [6.45, 7) is 1.90. The van der Waals surface area contributed by atoms with E-state index in [9.17, 15) is 22.8 Å². The van der Waals surface area contributed by atoms with Gasteiger partial charge < -0.3 is 10.2 Å². The van der Waals surface area contributed by atoms with Gasteiger partial charge >= 0.3 is 0 Å². The molecule has 174 valence electrons. The lowest BCUT2D eigenvalue weighted by Gasteiger charge is -2.18. The topological polar surface area (TPSA) is 80.1 Å². The summed E-state index contributed by atoms with van der Waals surface area (Å²) in [6, 6.07) is 4.10. The van der Waals surface area contributed by atoms with E-state index in [4.69, 9.17) is 6.42 Å². The monoisotopic (exact) mass is 467 g/mol. The molecular weight excluding hydrogens is 447 g/mol. The van der Waals surface area contributed by atoms with E-state index in [1.54, 1.807) is 19.3 Å². The number of terminal acetylenes is 1. The van der Waals surface area contributed by atoms with Crippen molar-refractivity contribution in [3.05, 3.63) is 69.7 Å². The summed E-state index contributed by atoms with van der Waals surface area (Å²) >= 11 is 0. The fourth-order valence-corrected chi connectivity index (χ4v) is 3.93. The average Bonchev–Trinajstić information content (AvgIpc) is 3.30. The van der Waals surface area contributed by atoms with Gasteiger partial charge in [0, 0.05) is 37.8 Å². The SMILES string of the molecule is C#C[C@@H](Nc1ncnc2c1cc(C1=CN(C(C)=O)CC1)c(=O)n2C)c1cccc(C(F)F)c1F. The highest BCUT2D eigenvalue weighted by Gasteiger charge is 2.24. The zero-order valence-electron chi connectivity index (χ0n) is 18.3. The second-order valence-electron chi connectivity index (χ2n) is 7.79. The van der Waals surface area contributed by atoms with Gasteiger partial charge in [-0.25, -0.2) is 23.1 Å². The van der Waals surface area contributed by atoms with Crippen molar-refractivity contribution in [2.45, 2.75) is 25.8 Å². The Labute approximate surface area is 192 Å². The standard InChI is InChI=1S/C24H20F3N5O2/c1-4-19(15-6-5-7-16(20(15)25)21(26)27)30-22-18-10-17(14-8-9-32(11-14)13(2)33)24(34)31(3)23(18)29-12-28-22/h1,5-7,10-12,19,21H,8-9H2,2-3H3,(H,28,29,30)/t19-/m1/s1. The smallest absolute Gasteiger partial charge is 0.266 e. The van der Waals surface area contributed by atoms with Crippen LogP contribution in [0.1, 0.15) is 42.5 Å². The molecule has 7 nitrogen and oxygen atoms in total. The zero-order chi connectivity index (χ0) is 24.6. The summed E-state index contributed by atoms with van der Waals surface area (Å²) in [7, 11) is 1.55. The number of aryl methyl sites for hydroxylation is 1. The zero-order valence-corrected chi connectivity index (χ0v) is 18.3. The number of anilines is 1. The Morgan fingerprint density at radius 3 is 2.65 bits per heavy atom. The van der Waals surface area contributed by atoms with Gasteiger partial charge in [0.1, 0.15) is 29.7 Å². The molecule has 1 atom stereocenters. The lowest BCUT2D eigenvalue weighted by molar-refractivity contribution is -0.125. The molecule has 34 heavy (non-hydrogen) atoms. The van der Waals surface area contributed by atoms with E-state index in [1.165, 1.54) is 34.9 Å². The Balaban J connectivity index is 1.81. The van der Waals surface area contributed by atoms with Crippen molar-refractivity contribution in [3.63, 3.8) is 0 Å². The molecule has 0 spiro atoms. The molecule has 1 N–H and O–H groups in total. The summed E-state index contributed by atoms with van der Waals surface area (Å²) in [5.74, 6) is 1.34. The Kier molecular flexibility index (Phi) is 6.11. The number of fused-ring (bicyclic) bond motifs is 1. The molecule has 3 heterocycles. The summed E-state index contributed by atoms with van der Waals surface area (Å²) < 4.78 is 42.4. The first-order chi connectivity index (χ1) is 16.2. The number of aromatic nitrogens is 3. The van der Waals surface area contributed by atoms with E-state index >= 15 is 0 Å². The molecule has 4 rings (SSSR count). The molecule has 1 aliphatic rings. The van der Waals surface area contributed by atoms with Crippen LogP contribution in [0.2, 0.25) is 0 Å². The fraction of sp³-hybridized carbons (Fsp3) is 0.250. The van der Waals surface area contributed by atoms with Gasteiger partial charge in [-0.1, -0.05) is 24.1 Å². The van der Waals surface area contributed by atoms with Crippen molar-refractivity contribution < 1.29 is 18.0 Å². The Hall–Kier alpha value is -4.13. The van der Waals surface area contributed by atoms with Gasteiger partial charge in [-0.2, -0.15) is 0 Å². The predicted molar refractivity (Wildman–Crippen MR) is 121 cm³/mol. The van der Waals surface area contributed by atoms with Crippen LogP contribution < -0.4 is 10.9 Å². The van der Waals surface area contributed by atoms with Crippen LogP contribution in [0, 0.1) is 18.2 Å². The largest absolute Gasteiger partial charge is 0.352 e. The number of halogens is 3. The number of nitrogens with zero attached hydrogens (tertiary/aromatic N) is 4. The van der Waals surface area contributed by atoms with Gasteiger partial charge in [0.15, 0.2) is 0 Å². The Morgan fingerprint density at radius 2 is 2.00 bits per heavy atom. The van der Waals surface area contributed by atoms with Crippen LogP contribution >= 0.6 is 0 Å². The molecule has 1 amide bonds. The van der Waals surface area contributed by atoms with Crippen molar-refractivity contribution in [2.75, 3.05) is 11.9 Å². The van der Waals surface area contributed by atoms with Crippen LogP contribution in [-0.4, -0.2) is 31.9 Å². The number of amides is 1. The lowest BCUT2D eigenvalue weighted by atomic mass is 10.0. The minimum atomic E-state index is -3.00. The van der Waals surface area contributed by atoms with Crippen molar-refractivity contribution in [3.8, 4) is 12.3 Å². The maximum atomic E-state index is 14.7. The quantitative estimate of drug-likeness (QED) is 0.578. The highest BCUT2D eigenvalue weighted by Crippen LogP contribution is 2.31. The van der Waals surface area contributed by atoms with Gasteiger partial charge in [0.2, 0.25) is 5.91 Å². The van der Waals surface area contributed by atoms with E-state index in [1.807, 2.05) is 0 Å². The third-order valence-electron chi connectivity index (χ3n) is 5.74. The summed E-state index contributed by atoms with van der Waals surface area (Å²) in [4.78, 5) is 34.6. The summed E-state index contributed by atoms with van der Waals surface area (Å²) in [5, 5.41) is 3.34. The fourth-order valence-electron chi connectivity index (χ4n) is 3.93. The highest BCUT2D eigenvalue weighted by atomic mass is 19.3. The maximum Gasteiger partial charge on any atom is 0.266 e. The number of rotatable bonds is 5.